The number of hydrogen-bond acceptors (Lipinski definition) is 4. The Kier molecular flexibility index (Phi) is 4.30. The summed E-state index contributed by atoms with van der Waals surface area (Å²) in [6, 6.07) is 11.7. The molecular formula is C24H27N2O3+. The van der Waals surface area contributed by atoms with Crippen molar-refractivity contribution in [2.75, 3.05) is 0 Å². The first-order valence-electron chi connectivity index (χ1n) is 9.75. The van der Waals surface area contributed by atoms with Gasteiger partial charge in [-0.25, -0.2) is 9.55 Å². The molecule has 0 amide bonds. The molecule has 0 atom stereocenters. The van der Waals surface area contributed by atoms with Gasteiger partial charge in [-0.1, -0.05) is 32.9 Å². The van der Waals surface area contributed by atoms with Gasteiger partial charge in [-0.3, -0.25) is 0 Å². The van der Waals surface area contributed by atoms with Crippen LogP contribution in [0.2, 0.25) is 0 Å². The number of rotatable bonds is 2. The van der Waals surface area contributed by atoms with E-state index in [1.54, 1.807) is 26.8 Å². The maximum absolute atomic E-state index is 10.8. The molecule has 0 saturated carbocycles. The fourth-order valence-electron chi connectivity index (χ4n) is 3.70. The molecule has 0 bridgehead atoms. The molecule has 0 saturated heterocycles. The Morgan fingerprint density at radius 1 is 0.966 bits per heavy atom. The van der Waals surface area contributed by atoms with Crippen molar-refractivity contribution >= 4 is 22.1 Å². The van der Waals surface area contributed by atoms with Crippen LogP contribution >= 0.6 is 0 Å². The van der Waals surface area contributed by atoms with Crippen LogP contribution in [0.25, 0.3) is 33.3 Å². The highest BCUT2D eigenvalue weighted by atomic mass is 16.5. The number of benzene rings is 1. The zero-order chi connectivity index (χ0) is 21.1. The summed E-state index contributed by atoms with van der Waals surface area (Å²) in [5.74, 6) is -1.97. The van der Waals surface area contributed by atoms with Gasteiger partial charge in [0.15, 0.2) is 17.6 Å². The predicted octanol–water partition coefficient (Wildman–Crippen LogP) is 4.27. The van der Waals surface area contributed by atoms with Crippen molar-refractivity contribution in [3.05, 3.63) is 59.4 Å². The maximum Gasteiger partial charge on any atom is 0.227 e. The molecule has 4 rings (SSSR count). The molecular weight excluding hydrogens is 364 g/mol. The minimum absolute atomic E-state index is 0.444. The second kappa shape index (κ2) is 6.37. The van der Waals surface area contributed by atoms with Gasteiger partial charge in [0.05, 0.1) is 5.56 Å². The van der Waals surface area contributed by atoms with E-state index in [4.69, 9.17) is 4.42 Å². The zero-order valence-corrected chi connectivity index (χ0v) is 17.7. The lowest BCUT2D eigenvalue weighted by Crippen LogP contribution is -2.41. The number of nitrogens with zero attached hydrogens (tertiary/aromatic N) is 2. The van der Waals surface area contributed by atoms with E-state index in [1.165, 1.54) is 0 Å². The Morgan fingerprint density at radius 3 is 2.34 bits per heavy atom. The van der Waals surface area contributed by atoms with E-state index in [9.17, 15) is 10.2 Å². The molecule has 5 nitrogen and oxygen atoms in total. The summed E-state index contributed by atoms with van der Waals surface area (Å²) in [5.41, 5.74) is 4.77. The maximum atomic E-state index is 10.8. The number of pyridine rings is 2. The minimum atomic E-state index is -1.97. The second-order valence-corrected chi connectivity index (χ2v) is 8.88. The van der Waals surface area contributed by atoms with E-state index in [1.807, 2.05) is 49.9 Å². The van der Waals surface area contributed by atoms with Crippen LogP contribution in [0, 0.1) is 19.3 Å². The van der Waals surface area contributed by atoms with Gasteiger partial charge in [-0.05, 0) is 31.5 Å². The summed E-state index contributed by atoms with van der Waals surface area (Å²) in [4.78, 5) is 4.54. The van der Waals surface area contributed by atoms with E-state index >= 15 is 0 Å². The van der Waals surface area contributed by atoms with E-state index in [0.717, 1.165) is 38.9 Å². The van der Waals surface area contributed by atoms with Crippen LogP contribution in [0.15, 0.2) is 47.0 Å². The number of aryl methyl sites for hydroxylation is 3. The van der Waals surface area contributed by atoms with Crippen molar-refractivity contribution in [3.63, 3.8) is 0 Å². The molecule has 150 valence electrons. The van der Waals surface area contributed by atoms with Crippen LogP contribution in [-0.2, 0) is 12.8 Å². The van der Waals surface area contributed by atoms with Gasteiger partial charge in [0.1, 0.15) is 7.05 Å². The van der Waals surface area contributed by atoms with Gasteiger partial charge < -0.3 is 14.6 Å². The van der Waals surface area contributed by atoms with Gasteiger partial charge in [0.25, 0.3) is 0 Å². The first-order valence-corrected chi connectivity index (χ1v) is 9.75. The number of fused-ring (bicyclic) bond motifs is 3. The monoisotopic (exact) mass is 391 g/mol. The average molecular weight is 391 g/mol. The fraction of sp³-hybridized carbons (Fsp3) is 0.333. The van der Waals surface area contributed by atoms with Crippen molar-refractivity contribution in [2.45, 2.75) is 40.4 Å². The van der Waals surface area contributed by atoms with E-state index in [-0.39, 0.29) is 0 Å². The third-order valence-electron chi connectivity index (χ3n) is 5.71. The van der Waals surface area contributed by atoms with Crippen LogP contribution in [-0.4, -0.2) is 15.2 Å². The Bertz CT molecular complexity index is 1250. The third kappa shape index (κ3) is 3.02. The van der Waals surface area contributed by atoms with Crippen molar-refractivity contribution < 1.29 is 19.2 Å². The average Bonchev–Trinajstić information content (AvgIpc) is 2.98. The smallest absolute Gasteiger partial charge is 0.227 e. The Labute approximate surface area is 170 Å². The summed E-state index contributed by atoms with van der Waals surface area (Å²) in [7, 11) is 1.94. The minimum Gasteiger partial charge on any atom is -0.437 e. The standard InChI is InChI=1S/C24H27N2O3/c1-14-7-9-17-18-10-8-15(2)25-22(18)29-21(17)20(14)19-13-16(11-12-26(19)6)24(27,28)23(3,4)5/h7-13,27-28H,1-6H3/q+1. The molecule has 0 aliphatic rings. The molecule has 0 fully saturated rings. The van der Waals surface area contributed by atoms with Crippen LogP contribution < -0.4 is 4.57 Å². The van der Waals surface area contributed by atoms with Gasteiger partial charge >= 0.3 is 0 Å². The molecule has 2 N–H and O–H groups in total. The Morgan fingerprint density at radius 2 is 1.66 bits per heavy atom. The summed E-state index contributed by atoms with van der Waals surface area (Å²) >= 11 is 0. The number of furan rings is 1. The predicted molar refractivity (Wildman–Crippen MR) is 113 cm³/mol. The quantitative estimate of drug-likeness (QED) is 0.395. The molecule has 29 heavy (non-hydrogen) atoms. The second-order valence-electron chi connectivity index (χ2n) is 8.88. The largest absolute Gasteiger partial charge is 0.437 e. The van der Waals surface area contributed by atoms with Crippen molar-refractivity contribution in [1.82, 2.24) is 4.98 Å². The molecule has 3 aromatic heterocycles. The highest BCUT2D eigenvalue weighted by molar-refractivity contribution is 6.08. The molecule has 5 heteroatoms. The van der Waals surface area contributed by atoms with E-state index < -0.39 is 11.2 Å². The number of aromatic nitrogens is 2. The Hall–Kier alpha value is -2.76. The summed E-state index contributed by atoms with van der Waals surface area (Å²) in [6.45, 7) is 9.38. The van der Waals surface area contributed by atoms with Gasteiger partial charge in [0, 0.05) is 39.6 Å². The molecule has 0 spiro atoms. The van der Waals surface area contributed by atoms with E-state index in [0.29, 0.717) is 11.3 Å². The number of aliphatic hydroxyl groups is 2. The lowest BCUT2D eigenvalue weighted by Gasteiger charge is -2.35. The SMILES string of the molecule is Cc1ccc2c(n1)oc1c(-c3cc(C(O)(O)C(C)(C)C)cc[n+]3C)c(C)ccc12. The number of hydrogen-bond donors (Lipinski definition) is 2. The van der Waals surface area contributed by atoms with Gasteiger partial charge in [-0.2, -0.15) is 0 Å². The third-order valence-corrected chi connectivity index (χ3v) is 5.71. The summed E-state index contributed by atoms with van der Waals surface area (Å²) in [6.07, 6.45) is 1.85. The van der Waals surface area contributed by atoms with Gasteiger partial charge in [0.2, 0.25) is 11.4 Å². The summed E-state index contributed by atoms with van der Waals surface area (Å²) < 4.78 is 8.17. The van der Waals surface area contributed by atoms with Crippen molar-refractivity contribution in [2.24, 2.45) is 12.5 Å². The molecule has 0 unspecified atom stereocenters. The van der Waals surface area contributed by atoms with Crippen molar-refractivity contribution in [3.8, 4) is 11.3 Å². The van der Waals surface area contributed by atoms with Gasteiger partial charge in [-0.15, -0.1) is 0 Å². The molecule has 0 aliphatic carbocycles. The van der Waals surface area contributed by atoms with Crippen LogP contribution in [0.4, 0.5) is 0 Å². The highest BCUT2D eigenvalue weighted by Gasteiger charge is 2.41. The fourth-order valence-corrected chi connectivity index (χ4v) is 3.70. The van der Waals surface area contributed by atoms with E-state index in [2.05, 4.69) is 17.1 Å². The normalized spacial score (nSPS) is 12.8. The lowest BCUT2D eigenvalue weighted by molar-refractivity contribution is -0.660. The molecule has 1 aromatic carbocycles. The first kappa shape index (κ1) is 19.6. The lowest BCUT2D eigenvalue weighted by atomic mass is 9.81. The molecule has 3 heterocycles. The topological polar surface area (TPSA) is 70.4 Å². The van der Waals surface area contributed by atoms with Crippen LogP contribution in [0.5, 0.6) is 0 Å². The highest BCUT2D eigenvalue weighted by Crippen LogP contribution is 2.40. The Balaban J connectivity index is 2.03. The first-order chi connectivity index (χ1) is 13.5. The molecule has 4 aromatic rings. The van der Waals surface area contributed by atoms with Crippen LogP contribution in [0.1, 0.15) is 37.6 Å². The summed E-state index contributed by atoms with van der Waals surface area (Å²) in [5, 5.41) is 23.6. The molecule has 0 aliphatic heterocycles. The van der Waals surface area contributed by atoms with Crippen LogP contribution in [0.3, 0.4) is 0 Å². The van der Waals surface area contributed by atoms with Crippen molar-refractivity contribution in [1.29, 1.82) is 0 Å². The molecule has 0 radical (unpaired) electrons. The zero-order valence-electron chi connectivity index (χ0n) is 17.7.